The molecule has 2 aromatic rings. The number of anilines is 1. The maximum absolute atomic E-state index is 5.23. The van der Waals surface area contributed by atoms with Crippen molar-refractivity contribution in [1.82, 2.24) is 14.5 Å². The number of pyridine rings is 1. The van der Waals surface area contributed by atoms with Gasteiger partial charge in [-0.2, -0.15) is 0 Å². The molecule has 7 nitrogen and oxygen atoms in total. The molecule has 3 unspecified atom stereocenters. The summed E-state index contributed by atoms with van der Waals surface area (Å²) in [5, 5.41) is 3.43. The van der Waals surface area contributed by atoms with Gasteiger partial charge in [0.05, 0.1) is 13.2 Å². The third-order valence-electron chi connectivity index (χ3n) is 5.98. The highest BCUT2D eigenvalue weighted by molar-refractivity contribution is 6.06. The summed E-state index contributed by atoms with van der Waals surface area (Å²) in [6, 6.07) is 4.04. The van der Waals surface area contributed by atoms with Crippen LogP contribution in [0.4, 0.5) is 5.69 Å². The minimum Gasteiger partial charge on any atom is -0.481 e. The zero-order valence-corrected chi connectivity index (χ0v) is 15.5. The molecule has 27 heavy (non-hydrogen) atoms. The maximum Gasteiger partial charge on any atom is 0.214 e. The predicted octanol–water partition coefficient (Wildman–Crippen LogP) is 2.79. The third-order valence-corrected chi connectivity index (χ3v) is 5.98. The monoisotopic (exact) mass is 364 g/mol. The third kappa shape index (κ3) is 3.11. The summed E-state index contributed by atoms with van der Waals surface area (Å²) in [7, 11) is 1.62. The number of amidine groups is 1. The van der Waals surface area contributed by atoms with Crippen molar-refractivity contribution in [2.24, 2.45) is 21.8 Å². The molecule has 1 saturated carbocycles. The molecule has 0 radical (unpaired) electrons. The van der Waals surface area contributed by atoms with Gasteiger partial charge in [0.1, 0.15) is 0 Å². The van der Waals surface area contributed by atoms with Crippen LogP contribution in [-0.2, 0) is 6.54 Å². The number of hydrogen-bond acceptors (Lipinski definition) is 6. The molecule has 7 heteroatoms. The van der Waals surface area contributed by atoms with Gasteiger partial charge in [-0.15, -0.1) is 0 Å². The molecule has 1 aliphatic carbocycles. The smallest absolute Gasteiger partial charge is 0.214 e. The summed E-state index contributed by atoms with van der Waals surface area (Å²) < 4.78 is 7.44. The van der Waals surface area contributed by atoms with Crippen LogP contribution in [-0.4, -0.2) is 45.8 Å². The van der Waals surface area contributed by atoms with Crippen LogP contribution in [0.15, 0.2) is 40.7 Å². The molecule has 1 fully saturated rings. The van der Waals surface area contributed by atoms with Gasteiger partial charge in [-0.3, -0.25) is 9.98 Å². The SMILES string of the molecule is COc1cc(NC2=NC(C3CCC4CCN=C4C3)Cn3ccnc32)ccn1. The molecule has 0 bridgehead atoms. The van der Waals surface area contributed by atoms with Crippen LogP contribution in [0.1, 0.15) is 31.5 Å². The zero-order chi connectivity index (χ0) is 18.2. The van der Waals surface area contributed by atoms with E-state index in [0.717, 1.165) is 42.8 Å². The molecule has 1 N–H and O–H groups in total. The summed E-state index contributed by atoms with van der Waals surface area (Å²) in [6.45, 7) is 1.91. The Balaban J connectivity index is 1.41. The Kier molecular flexibility index (Phi) is 4.14. The fourth-order valence-electron chi connectivity index (χ4n) is 4.53. The molecule has 0 amide bonds. The molecule has 5 rings (SSSR count). The van der Waals surface area contributed by atoms with Gasteiger partial charge in [0.25, 0.3) is 0 Å². The van der Waals surface area contributed by atoms with Crippen molar-refractivity contribution in [3.63, 3.8) is 0 Å². The normalized spacial score (nSPS) is 26.6. The van der Waals surface area contributed by atoms with Crippen LogP contribution < -0.4 is 10.1 Å². The summed E-state index contributed by atoms with van der Waals surface area (Å²) >= 11 is 0. The number of nitrogens with one attached hydrogen (secondary N) is 1. The van der Waals surface area contributed by atoms with E-state index in [9.17, 15) is 0 Å². The average Bonchev–Trinajstić information content (AvgIpc) is 3.36. The van der Waals surface area contributed by atoms with Gasteiger partial charge in [0, 0.05) is 49.1 Å². The number of fused-ring (bicyclic) bond motifs is 2. The van der Waals surface area contributed by atoms with Gasteiger partial charge >= 0.3 is 0 Å². The Labute approximate surface area is 158 Å². The van der Waals surface area contributed by atoms with E-state index in [1.54, 1.807) is 13.3 Å². The molecule has 0 spiro atoms. The van der Waals surface area contributed by atoms with Gasteiger partial charge in [-0.25, -0.2) is 9.97 Å². The number of ether oxygens (including phenoxy) is 1. The van der Waals surface area contributed by atoms with E-state index in [1.165, 1.54) is 25.0 Å². The van der Waals surface area contributed by atoms with Crippen molar-refractivity contribution in [2.75, 3.05) is 19.0 Å². The zero-order valence-electron chi connectivity index (χ0n) is 15.5. The van der Waals surface area contributed by atoms with E-state index in [1.807, 2.05) is 24.5 Å². The number of nitrogens with zero attached hydrogens (tertiary/aromatic N) is 5. The minimum absolute atomic E-state index is 0.252. The number of rotatable bonds is 3. The van der Waals surface area contributed by atoms with E-state index in [4.69, 9.17) is 14.7 Å². The lowest BCUT2D eigenvalue weighted by Gasteiger charge is -2.34. The van der Waals surface area contributed by atoms with E-state index in [0.29, 0.717) is 11.8 Å². The summed E-state index contributed by atoms with van der Waals surface area (Å²) in [5.74, 6) is 3.57. The molecule has 140 valence electrons. The highest BCUT2D eigenvalue weighted by Crippen LogP contribution is 2.36. The molecule has 2 aromatic heterocycles. The first kappa shape index (κ1) is 16.5. The summed E-state index contributed by atoms with van der Waals surface area (Å²) in [5.41, 5.74) is 2.34. The molecular weight excluding hydrogens is 340 g/mol. The lowest BCUT2D eigenvalue weighted by molar-refractivity contribution is 0.320. The van der Waals surface area contributed by atoms with Crippen molar-refractivity contribution in [3.05, 3.63) is 36.5 Å². The van der Waals surface area contributed by atoms with Crippen LogP contribution in [0.25, 0.3) is 0 Å². The first-order valence-electron chi connectivity index (χ1n) is 9.70. The van der Waals surface area contributed by atoms with Gasteiger partial charge in [-0.05, 0) is 43.6 Å². The quantitative estimate of drug-likeness (QED) is 0.909. The lowest BCUT2D eigenvalue weighted by Crippen LogP contribution is -2.37. The molecule has 4 heterocycles. The lowest BCUT2D eigenvalue weighted by atomic mass is 9.77. The van der Waals surface area contributed by atoms with Crippen LogP contribution in [0.5, 0.6) is 5.88 Å². The van der Waals surface area contributed by atoms with Gasteiger partial charge in [-0.1, -0.05) is 0 Å². The highest BCUT2D eigenvalue weighted by atomic mass is 16.5. The fraction of sp³-hybridized carbons (Fsp3) is 0.500. The Hall–Kier alpha value is -2.70. The molecule has 0 saturated heterocycles. The molecule has 3 atom stereocenters. The van der Waals surface area contributed by atoms with E-state index < -0.39 is 0 Å². The number of imidazole rings is 1. The molecule has 2 aliphatic heterocycles. The average molecular weight is 364 g/mol. The second-order valence-corrected chi connectivity index (χ2v) is 7.56. The second-order valence-electron chi connectivity index (χ2n) is 7.56. The van der Waals surface area contributed by atoms with E-state index >= 15 is 0 Å². The summed E-state index contributed by atoms with van der Waals surface area (Å²) in [6.07, 6.45) is 10.5. The van der Waals surface area contributed by atoms with Crippen molar-refractivity contribution < 1.29 is 4.74 Å². The van der Waals surface area contributed by atoms with Crippen LogP contribution >= 0.6 is 0 Å². The van der Waals surface area contributed by atoms with Gasteiger partial charge in [0.2, 0.25) is 5.88 Å². The molecule has 3 aliphatic rings. The Morgan fingerprint density at radius 3 is 3.07 bits per heavy atom. The van der Waals surface area contributed by atoms with Crippen LogP contribution in [0, 0.1) is 11.8 Å². The Morgan fingerprint density at radius 1 is 1.19 bits per heavy atom. The number of aromatic nitrogens is 3. The first-order chi connectivity index (χ1) is 13.3. The van der Waals surface area contributed by atoms with E-state index in [-0.39, 0.29) is 6.04 Å². The van der Waals surface area contributed by atoms with Crippen molar-refractivity contribution >= 4 is 17.2 Å². The fourth-order valence-corrected chi connectivity index (χ4v) is 4.53. The number of methoxy groups -OCH3 is 1. The predicted molar refractivity (Wildman–Crippen MR) is 105 cm³/mol. The first-order valence-corrected chi connectivity index (χ1v) is 9.70. The number of hydrogen-bond donors (Lipinski definition) is 1. The van der Waals surface area contributed by atoms with Crippen molar-refractivity contribution in [1.29, 1.82) is 0 Å². The largest absolute Gasteiger partial charge is 0.481 e. The topological polar surface area (TPSA) is 76.7 Å². The van der Waals surface area contributed by atoms with Gasteiger partial charge < -0.3 is 14.6 Å². The van der Waals surface area contributed by atoms with Crippen LogP contribution in [0.2, 0.25) is 0 Å². The highest BCUT2D eigenvalue weighted by Gasteiger charge is 2.35. The standard InChI is InChI=1S/C20H24N6O/c1-27-18-11-15(5-7-22-18)24-19-20-23-8-9-26(20)12-17(25-19)14-3-2-13-4-6-21-16(13)10-14/h5,7-9,11,13-14,17H,2-4,6,10,12H2,1H3,(H,22,24,25). The second kappa shape index (κ2) is 6.79. The van der Waals surface area contributed by atoms with Crippen molar-refractivity contribution in [3.8, 4) is 5.88 Å². The Morgan fingerprint density at radius 2 is 2.15 bits per heavy atom. The molecule has 0 aromatic carbocycles. The van der Waals surface area contributed by atoms with Crippen molar-refractivity contribution in [2.45, 2.75) is 38.3 Å². The van der Waals surface area contributed by atoms with E-state index in [2.05, 4.69) is 19.9 Å². The van der Waals surface area contributed by atoms with Crippen LogP contribution in [0.3, 0.4) is 0 Å². The minimum atomic E-state index is 0.252. The Bertz CT molecular complexity index is 901. The number of aliphatic imine (C=N–C) groups is 2. The maximum atomic E-state index is 5.23. The molecular formula is C20H24N6O. The summed E-state index contributed by atoms with van der Waals surface area (Å²) in [4.78, 5) is 18.5. The van der Waals surface area contributed by atoms with Gasteiger partial charge in [0.15, 0.2) is 11.7 Å².